The van der Waals surface area contributed by atoms with E-state index in [1.807, 2.05) is 0 Å². The molecular formula is C16H16ClFN4O2. The first-order valence-corrected chi connectivity index (χ1v) is 7.86. The summed E-state index contributed by atoms with van der Waals surface area (Å²) in [5, 5.41) is 6.93. The van der Waals surface area contributed by atoms with E-state index in [4.69, 9.17) is 11.6 Å². The lowest BCUT2D eigenvalue weighted by molar-refractivity contribution is -0.132. The number of benzene rings is 1. The molecule has 0 fully saturated rings. The maximum absolute atomic E-state index is 13.2. The third-order valence-electron chi connectivity index (χ3n) is 3.87. The van der Waals surface area contributed by atoms with Crippen LogP contribution in [0, 0.1) is 5.82 Å². The zero-order valence-corrected chi connectivity index (χ0v) is 13.8. The molecular weight excluding hydrogens is 335 g/mol. The quantitative estimate of drug-likeness (QED) is 0.923. The van der Waals surface area contributed by atoms with Crippen LogP contribution in [0.15, 0.2) is 24.4 Å². The van der Waals surface area contributed by atoms with E-state index in [0.717, 1.165) is 5.69 Å². The van der Waals surface area contributed by atoms with Crippen molar-refractivity contribution in [3.63, 3.8) is 0 Å². The standard InChI is InChI=1S/C16H16ClFN4O2/c1-10(23)20-14-8-19-22-5-4-21(9-15(14)22)16(24)7-11-2-3-13(18)12(17)6-11/h2-3,6,8H,4-5,7,9H2,1H3,(H,20,23). The summed E-state index contributed by atoms with van der Waals surface area (Å²) in [4.78, 5) is 25.4. The highest BCUT2D eigenvalue weighted by Gasteiger charge is 2.24. The van der Waals surface area contributed by atoms with Crippen LogP contribution in [0.4, 0.5) is 10.1 Å². The number of amides is 2. The molecule has 1 aliphatic heterocycles. The summed E-state index contributed by atoms with van der Waals surface area (Å²) in [7, 11) is 0. The molecule has 6 nitrogen and oxygen atoms in total. The SMILES string of the molecule is CC(=O)Nc1cnn2c1CN(C(=O)Cc1ccc(F)c(Cl)c1)CC2. The topological polar surface area (TPSA) is 67.2 Å². The van der Waals surface area contributed by atoms with Gasteiger partial charge in [0.1, 0.15) is 5.82 Å². The predicted octanol–water partition coefficient (Wildman–Crippen LogP) is 2.22. The zero-order valence-electron chi connectivity index (χ0n) is 13.1. The minimum absolute atomic E-state index is 0.00460. The number of halogens is 2. The normalized spacial score (nSPS) is 13.5. The molecule has 0 bridgehead atoms. The number of anilines is 1. The molecule has 24 heavy (non-hydrogen) atoms. The fourth-order valence-corrected chi connectivity index (χ4v) is 2.89. The summed E-state index contributed by atoms with van der Waals surface area (Å²) in [6.07, 6.45) is 1.73. The van der Waals surface area contributed by atoms with Crippen molar-refractivity contribution in [2.24, 2.45) is 0 Å². The second-order valence-corrected chi connectivity index (χ2v) is 6.06. The number of aromatic nitrogens is 2. The molecule has 1 aromatic heterocycles. The molecule has 0 radical (unpaired) electrons. The minimum Gasteiger partial charge on any atom is -0.335 e. The van der Waals surface area contributed by atoms with Crippen molar-refractivity contribution in [2.75, 3.05) is 11.9 Å². The van der Waals surface area contributed by atoms with Crippen molar-refractivity contribution in [1.29, 1.82) is 0 Å². The number of rotatable bonds is 3. The molecule has 1 aliphatic rings. The van der Waals surface area contributed by atoms with Crippen LogP contribution in [0.25, 0.3) is 0 Å². The number of carbonyl (C=O) groups is 2. The van der Waals surface area contributed by atoms with Gasteiger partial charge in [-0.2, -0.15) is 5.10 Å². The lowest BCUT2D eigenvalue weighted by atomic mass is 10.1. The number of hydrogen-bond acceptors (Lipinski definition) is 3. The molecule has 2 heterocycles. The van der Waals surface area contributed by atoms with Gasteiger partial charge in [0.25, 0.3) is 0 Å². The van der Waals surface area contributed by atoms with Crippen molar-refractivity contribution in [3.8, 4) is 0 Å². The molecule has 8 heteroatoms. The Bertz CT molecular complexity index is 805. The largest absolute Gasteiger partial charge is 0.335 e. The van der Waals surface area contributed by atoms with E-state index in [-0.39, 0.29) is 23.3 Å². The highest BCUT2D eigenvalue weighted by molar-refractivity contribution is 6.30. The fraction of sp³-hybridized carbons (Fsp3) is 0.312. The van der Waals surface area contributed by atoms with Gasteiger partial charge in [-0.25, -0.2) is 4.39 Å². The summed E-state index contributed by atoms with van der Waals surface area (Å²) in [5.41, 5.74) is 2.07. The van der Waals surface area contributed by atoms with Crippen molar-refractivity contribution >= 4 is 29.1 Å². The van der Waals surface area contributed by atoms with Gasteiger partial charge in [-0.15, -0.1) is 0 Å². The minimum atomic E-state index is -0.505. The van der Waals surface area contributed by atoms with E-state index in [1.165, 1.54) is 19.1 Å². The second-order valence-electron chi connectivity index (χ2n) is 5.65. The Morgan fingerprint density at radius 2 is 2.17 bits per heavy atom. The summed E-state index contributed by atoms with van der Waals surface area (Å²) in [6.45, 7) is 2.88. The van der Waals surface area contributed by atoms with Crippen molar-refractivity contribution in [3.05, 3.63) is 46.5 Å². The summed E-state index contributed by atoms with van der Waals surface area (Å²) >= 11 is 5.75. The molecule has 1 aromatic carbocycles. The van der Waals surface area contributed by atoms with E-state index in [0.29, 0.717) is 30.9 Å². The Morgan fingerprint density at radius 1 is 1.38 bits per heavy atom. The molecule has 0 saturated heterocycles. The van der Waals surface area contributed by atoms with Crippen molar-refractivity contribution in [2.45, 2.75) is 26.4 Å². The Labute approximate surface area is 143 Å². The van der Waals surface area contributed by atoms with Crippen LogP contribution in [0.5, 0.6) is 0 Å². The lowest BCUT2D eigenvalue weighted by Crippen LogP contribution is -2.39. The molecule has 3 rings (SSSR count). The van der Waals surface area contributed by atoms with Gasteiger partial charge in [0, 0.05) is 13.5 Å². The Balaban J connectivity index is 1.72. The van der Waals surface area contributed by atoms with Gasteiger partial charge in [0.2, 0.25) is 11.8 Å². The van der Waals surface area contributed by atoms with E-state index in [9.17, 15) is 14.0 Å². The summed E-state index contributed by atoms with van der Waals surface area (Å²) in [5.74, 6) is -0.774. The monoisotopic (exact) mass is 350 g/mol. The van der Waals surface area contributed by atoms with Gasteiger partial charge in [0.05, 0.1) is 42.1 Å². The van der Waals surface area contributed by atoms with Crippen molar-refractivity contribution < 1.29 is 14.0 Å². The molecule has 2 amide bonds. The van der Waals surface area contributed by atoms with Crippen LogP contribution < -0.4 is 5.32 Å². The number of nitrogens with zero attached hydrogens (tertiary/aromatic N) is 3. The average molecular weight is 351 g/mol. The van der Waals surface area contributed by atoms with Gasteiger partial charge < -0.3 is 10.2 Å². The third kappa shape index (κ3) is 3.41. The number of nitrogens with one attached hydrogen (secondary N) is 1. The molecule has 1 N–H and O–H groups in total. The number of fused-ring (bicyclic) bond motifs is 1. The van der Waals surface area contributed by atoms with Gasteiger partial charge in [-0.1, -0.05) is 17.7 Å². The van der Waals surface area contributed by atoms with Crippen LogP contribution in [0.2, 0.25) is 5.02 Å². The number of carbonyl (C=O) groups excluding carboxylic acids is 2. The first-order chi connectivity index (χ1) is 11.4. The van der Waals surface area contributed by atoms with E-state index in [2.05, 4.69) is 10.4 Å². The first kappa shape index (κ1) is 16.4. The highest BCUT2D eigenvalue weighted by atomic mass is 35.5. The summed E-state index contributed by atoms with van der Waals surface area (Å²) in [6, 6.07) is 4.27. The Kier molecular flexibility index (Phi) is 4.53. The second kappa shape index (κ2) is 6.60. The third-order valence-corrected chi connectivity index (χ3v) is 4.16. The smallest absolute Gasteiger partial charge is 0.227 e. The highest BCUT2D eigenvalue weighted by Crippen LogP contribution is 2.22. The van der Waals surface area contributed by atoms with Gasteiger partial charge >= 0.3 is 0 Å². The Hall–Kier alpha value is -2.41. The maximum atomic E-state index is 13.2. The molecule has 0 unspecified atom stereocenters. The van der Waals surface area contributed by atoms with Crippen LogP contribution in [-0.4, -0.2) is 33.0 Å². The molecule has 0 aliphatic carbocycles. The van der Waals surface area contributed by atoms with Crippen LogP contribution in [0.3, 0.4) is 0 Å². The average Bonchev–Trinajstić information content (AvgIpc) is 2.92. The summed E-state index contributed by atoms with van der Waals surface area (Å²) < 4.78 is 15.0. The van der Waals surface area contributed by atoms with E-state index >= 15 is 0 Å². The molecule has 126 valence electrons. The van der Waals surface area contributed by atoms with Crippen LogP contribution >= 0.6 is 11.6 Å². The van der Waals surface area contributed by atoms with Crippen LogP contribution in [0.1, 0.15) is 18.2 Å². The molecule has 0 saturated carbocycles. The Morgan fingerprint density at radius 3 is 2.88 bits per heavy atom. The van der Waals surface area contributed by atoms with E-state index < -0.39 is 5.82 Å². The zero-order chi connectivity index (χ0) is 17.3. The maximum Gasteiger partial charge on any atom is 0.227 e. The van der Waals surface area contributed by atoms with Crippen LogP contribution in [-0.2, 0) is 29.1 Å². The van der Waals surface area contributed by atoms with Gasteiger partial charge in [-0.3, -0.25) is 14.3 Å². The van der Waals surface area contributed by atoms with E-state index in [1.54, 1.807) is 21.8 Å². The van der Waals surface area contributed by atoms with Gasteiger partial charge in [-0.05, 0) is 17.7 Å². The lowest BCUT2D eigenvalue weighted by Gasteiger charge is -2.28. The first-order valence-electron chi connectivity index (χ1n) is 7.48. The number of hydrogen-bond donors (Lipinski definition) is 1. The molecule has 0 spiro atoms. The van der Waals surface area contributed by atoms with Crippen molar-refractivity contribution in [1.82, 2.24) is 14.7 Å². The molecule has 2 aromatic rings. The predicted molar refractivity (Wildman–Crippen MR) is 87.1 cm³/mol. The molecule has 0 atom stereocenters. The fourth-order valence-electron chi connectivity index (χ4n) is 2.69. The van der Waals surface area contributed by atoms with Gasteiger partial charge in [0.15, 0.2) is 0 Å².